The molecule has 0 saturated carbocycles. The third-order valence-corrected chi connectivity index (χ3v) is 3.55. The zero-order valence-corrected chi connectivity index (χ0v) is 10.7. The molecule has 0 bridgehead atoms. The van der Waals surface area contributed by atoms with Gasteiger partial charge in [0.2, 0.25) is 0 Å². The lowest BCUT2D eigenvalue weighted by Crippen LogP contribution is -2.09. The molecule has 2 aromatic rings. The molecule has 1 aromatic heterocycles. The summed E-state index contributed by atoms with van der Waals surface area (Å²) in [5.74, 6) is 0.971. The highest BCUT2D eigenvalue weighted by Crippen LogP contribution is 2.32. The van der Waals surface area contributed by atoms with Gasteiger partial charge in [-0.1, -0.05) is 44.9 Å². The molecule has 0 aliphatic carbocycles. The molecule has 1 heterocycles. The molecular weight excluding hydrogens is 212 g/mol. The molecule has 0 amide bonds. The molecule has 0 spiro atoms. The topological polar surface area (TPSA) is 33.4 Å². The number of hydrogen-bond donors (Lipinski definition) is 1. The Labute approximate surface area is 102 Å². The van der Waals surface area contributed by atoms with Crippen molar-refractivity contribution in [3.05, 3.63) is 35.6 Å². The Balaban J connectivity index is 2.39. The van der Waals surface area contributed by atoms with Crippen LogP contribution >= 0.6 is 0 Å². The lowest BCUT2D eigenvalue weighted by molar-refractivity contribution is 0.0830. The largest absolute Gasteiger partial charge is 0.458 e. The SMILES string of the molecule is CCC(CC)C(O)c1cc2cccc(C)c2o1. The zero-order valence-electron chi connectivity index (χ0n) is 10.7. The molecule has 17 heavy (non-hydrogen) atoms. The van der Waals surface area contributed by atoms with Gasteiger partial charge in [0.15, 0.2) is 0 Å². The Kier molecular flexibility index (Phi) is 3.53. The Morgan fingerprint density at radius 2 is 1.94 bits per heavy atom. The van der Waals surface area contributed by atoms with E-state index in [2.05, 4.69) is 13.8 Å². The second kappa shape index (κ2) is 4.92. The van der Waals surface area contributed by atoms with Crippen molar-refractivity contribution >= 4 is 11.0 Å². The first kappa shape index (κ1) is 12.2. The minimum atomic E-state index is -0.489. The number of aliphatic hydroxyl groups is 1. The van der Waals surface area contributed by atoms with E-state index in [4.69, 9.17) is 4.42 Å². The zero-order chi connectivity index (χ0) is 12.4. The number of furan rings is 1. The molecular formula is C15H20O2. The van der Waals surface area contributed by atoms with E-state index in [1.807, 2.05) is 31.2 Å². The maximum Gasteiger partial charge on any atom is 0.137 e. The molecule has 0 saturated heterocycles. The number of rotatable bonds is 4. The van der Waals surface area contributed by atoms with Crippen LogP contribution in [0.15, 0.2) is 28.7 Å². The summed E-state index contributed by atoms with van der Waals surface area (Å²) >= 11 is 0. The first-order chi connectivity index (χ1) is 8.17. The summed E-state index contributed by atoms with van der Waals surface area (Å²) in [7, 11) is 0. The number of hydrogen-bond acceptors (Lipinski definition) is 2. The van der Waals surface area contributed by atoms with E-state index in [9.17, 15) is 5.11 Å². The fraction of sp³-hybridized carbons (Fsp3) is 0.467. The van der Waals surface area contributed by atoms with Gasteiger partial charge in [-0.25, -0.2) is 0 Å². The van der Waals surface area contributed by atoms with Crippen LogP contribution in [0.4, 0.5) is 0 Å². The fourth-order valence-corrected chi connectivity index (χ4v) is 2.34. The lowest BCUT2D eigenvalue weighted by Gasteiger charge is -2.17. The second-order valence-corrected chi connectivity index (χ2v) is 4.66. The van der Waals surface area contributed by atoms with Crippen molar-refractivity contribution in [2.24, 2.45) is 5.92 Å². The van der Waals surface area contributed by atoms with Gasteiger partial charge in [0.05, 0.1) is 0 Å². The summed E-state index contributed by atoms with van der Waals surface area (Å²) in [5.41, 5.74) is 2.01. The van der Waals surface area contributed by atoms with E-state index in [1.54, 1.807) is 0 Å². The molecule has 1 atom stereocenters. The average molecular weight is 232 g/mol. The summed E-state index contributed by atoms with van der Waals surface area (Å²) in [6.07, 6.45) is 1.44. The Hall–Kier alpha value is -1.28. The number of benzene rings is 1. The Morgan fingerprint density at radius 1 is 1.24 bits per heavy atom. The van der Waals surface area contributed by atoms with Gasteiger partial charge < -0.3 is 9.52 Å². The van der Waals surface area contributed by atoms with Crippen molar-refractivity contribution in [3.8, 4) is 0 Å². The van der Waals surface area contributed by atoms with Gasteiger partial charge in [-0.15, -0.1) is 0 Å². The molecule has 0 aliphatic rings. The molecule has 0 aliphatic heterocycles. The molecule has 1 N–H and O–H groups in total. The van der Waals surface area contributed by atoms with Crippen LogP contribution in [0.3, 0.4) is 0 Å². The predicted octanol–water partition coefficient (Wildman–Crippen LogP) is 4.21. The number of fused-ring (bicyclic) bond motifs is 1. The second-order valence-electron chi connectivity index (χ2n) is 4.66. The highest BCUT2D eigenvalue weighted by atomic mass is 16.4. The molecule has 1 unspecified atom stereocenters. The highest BCUT2D eigenvalue weighted by molar-refractivity contribution is 5.80. The average Bonchev–Trinajstić information content (AvgIpc) is 2.76. The molecule has 0 fully saturated rings. The van der Waals surface area contributed by atoms with E-state index in [0.29, 0.717) is 5.76 Å². The van der Waals surface area contributed by atoms with Crippen molar-refractivity contribution in [3.63, 3.8) is 0 Å². The van der Waals surface area contributed by atoms with E-state index in [1.165, 1.54) is 0 Å². The molecule has 92 valence electrons. The Morgan fingerprint density at radius 3 is 2.53 bits per heavy atom. The monoisotopic (exact) mass is 232 g/mol. The lowest BCUT2D eigenvalue weighted by atomic mass is 9.95. The summed E-state index contributed by atoms with van der Waals surface area (Å²) in [4.78, 5) is 0. The van der Waals surface area contributed by atoms with Gasteiger partial charge in [-0.2, -0.15) is 0 Å². The number of para-hydroxylation sites is 1. The highest BCUT2D eigenvalue weighted by Gasteiger charge is 2.21. The van der Waals surface area contributed by atoms with Crippen LogP contribution in [0.2, 0.25) is 0 Å². The van der Waals surface area contributed by atoms with Crippen molar-refractivity contribution < 1.29 is 9.52 Å². The van der Waals surface area contributed by atoms with Crippen LogP contribution in [0.25, 0.3) is 11.0 Å². The van der Waals surface area contributed by atoms with Gasteiger partial charge in [0.1, 0.15) is 17.4 Å². The van der Waals surface area contributed by atoms with Gasteiger partial charge in [-0.3, -0.25) is 0 Å². The van der Waals surface area contributed by atoms with E-state index in [-0.39, 0.29) is 5.92 Å². The summed E-state index contributed by atoms with van der Waals surface area (Å²) in [5, 5.41) is 11.4. The van der Waals surface area contributed by atoms with E-state index >= 15 is 0 Å². The molecule has 2 heteroatoms. The standard InChI is InChI=1S/C15H20O2/c1-4-11(5-2)14(16)13-9-12-8-6-7-10(3)15(12)17-13/h6-9,11,14,16H,4-5H2,1-3H3. The minimum Gasteiger partial charge on any atom is -0.458 e. The van der Waals surface area contributed by atoms with Crippen molar-refractivity contribution in [2.75, 3.05) is 0 Å². The third-order valence-electron chi connectivity index (χ3n) is 3.55. The van der Waals surface area contributed by atoms with Gasteiger partial charge >= 0.3 is 0 Å². The maximum absolute atomic E-state index is 10.3. The van der Waals surface area contributed by atoms with Crippen LogP contribution in [-0.4, -0.2) is 5.11 Å². The van der Waals surface area contributed by atoms with Crippen molar-refractivity contribution in [1.29, 1.82) is 0 Å². The quantitative estimate of drug-likeness (QED) is 0.856. The molecule has 2 rings (SSSR count). The van der Waals surface area contributed by atoms with Crippen LogP contribution in [-0.2, 0) is 0 Å². The van der Waals surface area contributed by atoms with Crippen LogP contribution in [0.1, 0.15) is 44.1 Å². The van der Waals surface area contributed by atoms with Crippen LogP contribution in [0, 0.1) is 12.8 Å². The van der Waals surface area contributed by atoms with Gasteiger partial charge in [0, 0.05) is 5.39 Å². The molecule has 2 nitrogen and oxygen atoms in total. The molecule has 0 radical (unpaired) electrons. The first-order valence-corrected chi connectivity index (χ1v) is 6.34. The molecule has 1 aromatic carbocycles. The third kappa shape index (κ3) is 2.22. The predicted molar refractivity (Wildman–Crippen MR) is 70.0 cm³/mol. The summed E-state index contributed by atoms with van der Waals surface area (Å²) in [6.45, 7) is 6.23. The number of aliphatic hydroxyl groups excluding tert-OH is 1. The van der Waals surface area contributed by atoms with Crippen LogP contribution < -0.4 is 0 Å². The fourth-order valence-electron chi connectivity index (χ4n) is 2.34. The van der Waals surface area contributed by atoms with E-state index < -0.39 is 6.10 Å². The van der Waals surface area contributed by atoms with E-state index in [0.717, 1.165) is 29.4 Å². The van der Waals surface area contributed by atoms with Gasteiger partial charge in [0.25, 0.3) is 0 Å². The Bertz CT molecular complexity index is 495. The number of aryl methyl sites for hydroxylation is 1. The summed E-state index contributed by atoms with van der Waals surface area (Å²) < 4.78 is 5.80. The first-order valence-electron chi connectivity index (χ1n) is 6.34. The van der Waals surface area contributed by atoms with Gasteiger partial charge in [-0.05, 0) is 24.5 Å². The summed E-state index contributed by atoms with van der Waals surface area (Å²) in [6, 6.07) is 8.03. The van der Waals surface area contributed by atoms with Crippen molar-refractivity contribution in [1.82, 2.24) is 0 Å². The maximum atomic E-state index is 10.3. The minimum absolute atomic E-state index is 0.274. The van der Waals surface area contributed by atoms with Crippen molar-refractivity contribution in [2.45, 2.75) is 39.7 Å². The normalized spacial score (nSPS) is 13.5. The smallest absolute Gasteiger partial charge is 0.137 e. The van der Waals surface area contributed by atoms with Crippen LogP contribution in [0.5, 0.6) is 0 Å².